The van der Waals surface area contributed by atoms with Crippen molar-refractivity contribution >= 4 is 51.2 Å². The molecule has 36 heavy (non-hydrogen) atoms. The third-order valence-electron chi connectivity index (χ3n) is 5.74. The zero-order valence-electron chi connectivity index (χ0n) is 19.3. The fourth-order valence-corrected chi connectivity index (χ4v) is 7.30. The first kappa shape index (κ1) is 26.5. The number of alkyl halides is 3. The highest BCUT2D eigenvalue weighted by molar-refractivity contribution is 8.08. The van der Waals surface area contributed by atoms with Crippen molar-refractivity contribution in [2.24, 2.45) is 0 Å². The molecule has 5 rings (SSSR count). The molecule has 3 heterocycles. The van der Waals surface area contributed by atoms with Crippen molar-refractivity contribution in [2.75, 3.05) is 11.9 Å². The van der Waals surface area contributed by atoms with Crippen molar-refractivity contribution in [3.63, 3.8) is 0 Å². The van der Waals surface area contributed by atoms with E-state index in [-0.39, 0.29) is 18.0 Å². The molecule has 2 aromatic carbocycles. The maximum Gasteiger partial charge on any atom is 0.416 e. The van der Waals surface area contributed by atoms with Crippen molar-refractivity contribution in [2.45, 2.75) is 31.1 Å². The van der Waals surface area contributed by atoms with Gasteiger partial charge in [0, 0.05) is 24.1 Å². The molecule has 0 radical (unpaired) electrons. The molecule has 4 nitrogen and oxygen atoms in total. The van der Waals surface area contributed by atoms with Crippen LogP contribution in [-0.2, 0) is 19.3 Å². The molecule has 0 aliphatic carbocycles. The first-order valence-corrected chi connectivity index (χ1v) is 13.4. The largest absolute Gasteiger partial charge is 1.00 e. The van der Waals surface area contributed by atoms with Gasteiger partial charge in [-0.05, 0) is 25.1 Å². The number of halogens is 4. The van der Waals surface area contributed by atoms with Gasteiger partial charge in [-0.2, -0.15) is 17.7 Å². The first-order chi connectivity index (χ1) is 16.8. The Morgan fingerprint density at radius 3 is 2.56 bits per heavy atom. The highest BCUT2D eigenvalue weighted by atomic mass is 35.5. The van der Waals surface area contributed by atoms with Gasteiger partial charge >= 0.3 is 6.18 Å². The Morgan fingerprint density at radius 1 is 1.11 bits per heavy atom. The van der Waals surface area contributed by atoms with Crippen LogP contribution >= 0.6 is 34.4 Å². The molecule has 11 heteroatoms. The van der Waals surface area contributed by atoms with Crippen LogP contribution in [0.15, 0.2) is 69.8 Å². The van der Waals surface area contributed by atoms with Gasteiger partial charge < -0.3 is 17.3 Å². The minimum Gasteiger partial charge on any atom is -1.00 e. The summed E-state index contributed by atoms with van der Waals surface area (Å²) in [6.07, 6.45) is -0.370. The zero-order chi connectivity index (χ0) is 24.7. The van der Waals surface area contributed by atoms with Gasteiger partial charge in [0.1, 0.15) is 14.2 Å². The molecule has 0 unspecified atom stereocenters. The number of fused-ring (bicyclic) bond motifs is 1. The summed E-state index contributed by atoms with van der Waals surface area (Å²) in [4.78, 5) is 15.6. The lowest BCUT2D eigenvalue weighted by Gasteiger charge is -2.13. The molecule has 2 aromatic heterocycles. The number of hydrogen-bond acceptors (Lipinski definition) is 5. The van der Waals surface area contributed by atoms with E-state index in [1.54, 1.807) is 27.9 Å². The molecular weight excluding hydrogens is 547 g/mol. The Labute approximate surface area is 224 Å². The van der Waals surface area contributed by atoms with E-state index >= 15 is 0 Å². The third-order valence-corrected chi connectivity index (χ3v) is 9.06. The number of thioether (sulfide) groups is 1. The standard InChI is InChI=1S/C25H21F3N3OS3.ClH/c1-3-31-21(14-20-30(11-12-33-20)15-16-7-5-4-6-8-16)35-22(23(31)32)24-29(2)18-10-9-17(25(26,27)28)13-19(18)34-24;/h4-14H,3,15H2,1-2H3;1H/q+1;/p-1/b24-22+;. The van der Waals surface area contributed by atoms with Crippen molar-refractivity contribution in [1.82, 2.24) is 4.57 Å². The monoisotopic (exact) mass is 567 g/mol. The van der Waals surface area contributed by atoms with E-state index in [1.807, 2.05) is 42.8 Å². The molecule has 188 valence electrons. The second kappa shape index (κ2) is 10.5. The molecule has 0 spiro atoms. The second-order valence-corrected chi connectivity index (χ2v) is 11.0. The number of anilines is 1. The Morgan fingerprint density at radius 2 is 1.86 bits per heavy atom. The number of thiazole rings is 2. The van der Waals surface area contributed by atoms with Crippen molar-refractivity contribution in [3.05, 3.63) is 95.8 Å². The highest BCUT2D eigenvalue weighted by Gasteiger charge is 2.33. The van der Waals surface area contributed by atoms with E-state index in [9.17, 15) is 18.0 Å². The Bertz CT molecular complexity index is 1580. The van der Waals surface area contributed by atoms with Crippen LogP contribution in [0.3, 0.4) is 0 Å². The summed E-state index contributed by atoms with van der Waals surface area (Å²) in [5.74, 6) is 0. The van der Waals surface area contributed by atoms with Gasteiger partial charge in [-0.15, -0.1) is 11.3 Å². The van der Waals surface area contributed by atoms with Gasteiger partial charge in [0.2, 0.25) is 0 Å². The quantitative estimate of drug-likeness (QED) is 0.350. The van der Waals surface area contributed by atoms with Crippen LogP contribution in [0, 0.1) is 0 Å². The van der Waals surface area contributed by atoms with Crippen LogP contribution < -0.4 is 36.6 Å². The van der Waals surface area contributed by atoms with E-state index < -0.39 is 11.7 Å². The number of nitrogens with zero attached hydrogens (tertiary/aromatic N) is 3. The van der Waals surface area contributed by atoms with Crippen LogP contribution in [0.25, 0.3) is 11.1 Å². The molecule has 0 saturated carbocycles. The fraction of sp³-hybridized carbons (Fsp3) is 0.200. The van der Waals surface area contributed by atoms with E-state index in [0.717, 1.165) is 28.3 Å². The zero-order valence-corrected chi connectivity index (χ0v) is 22.5. The summed E-state index contributed by atoms with van der Waals surface area (Å²) < 4.78 is 44.8. The molecule has 0 N–H and O–H groups in total. The topological polar surface area (TPSA) is 29.1 Å². The number of benzene rings is 2. The van der Waals surface area contributed by atoms with E-state index in [0.29, 0.717) is 26.7 Å². The molecule has 4 aromatic rings. The lowest BCUT2D eigenvalue weighted by atomic mass is 10.2. The van der Waals surface area contributed by atoms with Gasteiger partial charge in [-0.3, -0.25) is 9.36 Å². The van der Waals surface area contributed by atoms with Gasteiger partial charge in [0.15, 0.2) is 12.7 Å². The third kappa shape index (κ3) is 5.00. The Hall–Kier alpha value is -2.53. The molecule has 0 amide bonds. The number of hydrogen-bond donors (Lipinski definition) is 0. The first-order valence-electron chi connectivity index (χ1n) is 10.9. The van der Waals surface area contributed by atoms with Gasteiger partial charge in [-0.25, -0.2) is 0 Å². The summed E-state index contributed by atoms with van der Waals surface area (Å²) in [6.45, 7) is 3.14. The molecule has 0 saturated heterocycles. The van der Waals surface area contributed by atoms with Gasteiger partial charge in [-0.1, -0.05) is 53.4 Å². The molecule has 0 fully saturated rings. The van der Waals surface area contributed by atoms with Crippen LogP contribution in [0.1, 0.15) is 23.1 Å². The number of rotatable bonds is 4. The minimum atomic E-state index is -4.41. The van der Waals surface area contributed by atoms with Crippen LogP contribution in [0.5, 0.6) is 0 Å². The SMILES string of the molecule is CCn1c(=O)/c(=C2\Sc3cc(C(F)(F)F)ccc3N2C)s/c1=C\c1scc[n+]1Cc1ccccc1.[Cl-]. The maximum atomic E-state index is 13.3. The lowest BCUT2D eigenvalue weighted by Crippen LogP contribution is -3.00. The minimum absolute atomic E-state index is 0. The lowest BCUT2D eigenvalue weighted by molar-refractivity contribution is -0.685. The molecule has 1 aliphatic heterocycles. The van der Waals surface area contributed by atoms with E-state index in [1.165, 1.54) is 34.7 Å². The summed E-state index contributed by atoms with van der Waals surface area (Å²) in [5, 5.41) is 3.68. The summed E-state index contributed by atoms with van der Waals surface area (Å²) >= 11 is 4.18. The van der Waals surface area contributed by atoms with Crippen molar-refractivity contribution in [3.8, 4) is 0 Å². The predicted octanol–water partition coefficient (Wildman–Crippen LogP) is 1.49. The smallest absolute Gasteiger partial charge is 0.416 e. The van der Waals surface area contributed by atoms with Gasteiger partial charge in [0.05, 0.1) is 22.7 Å². The van der Waals surface area contributed by atoms with E-state index in [2.05, 4.69) is 16.7 Å². The Balaban J connectivity index is 0.00000304. The van der Waals surface area contributed by atoms with Gasteiger partial charge in [0.25, 0.3) is 10.6 Å². The van der Waals surface area contributed by atoms with Crippen LogP contribution in [0.2, 0.25) is 0 Å². The fourth-order valence-electron chi connectivity index (χ4n) is 3.95. The highest BCUT2D eigenvalue weighted by Crippen LogP contribution is 2.47. The number of aromatic nitrogens is 2. The van der Waals surface area contributed by atoms with E-state index in [4.69, 9.17) is 0 Å². The van der Waals surface area contributed by atoms with Crippen molar-refractivity contribution < 1.29 is 30.1 Å². The normalized spacial score (nSPS) is 15.2. The summed E-state index contributed by atoms with van der Waals surface area (Å²) in [6, 6.07) is 13.9. The summed E-state index contributed by atoms with van der Waals surface area (Å²) in [5.41, 5.74) is 1.03. The summed E-state index contributed by atoms with van der Waals surface area (Å²) in [7, 11) is 1.79. The molecular formula is C25H21ClF3N3OS3. The van der Waals surface area contributed by atoms with Crippen molar-refractivity contribution in [1.29, 1.82) is 0 Å². The molecule has 1 aliphatic rings. The molecule has 0 bridgehead atoms. The predicted molar refractivity (Wildman–Crippen MR) is 136 cm³/mol. The average molecular weight is 568 g/mol. The van der Waals surface area contributed by atoms with Crippen LogP contribution in [0.4, 0.5) is 18.9 Å². The maximum absolute atomic E-state index is 13.3. The molecule has 0 atom stereocenters. The second-order valence-electron chi connectivity index (χ2n) is 7.96. The average Bonchev–Trinajstić information content (AvgIpc) is 3.49. The Kier molecular flexibility index (Phi) is 7.70. The van der Waals surface area contributed by atoms with Crippen LogP contribution in [-0.4, -0.2) is 11.6 Å².